The van der Waals surface area contributed by atoms with Gasteiger partial charge < -0.3 is 15.4 Å². The Hall–Kier alpha value is -2.11. The van der Waals surface area contributed by atoms with Crippen LogP contribution >= 0.6 is 0 Å². The van der Waals surface area contributed by atoms with E-state index in [2.05, 4.69) is 10.3 Å². The lowest BCUT2D eigenvalue weighted by molar-refractivity contribution is -0.137. The van der Waals surface area contributed by atoms with E-state index < -0.39 is 5.97 Å². The van der Waals surface area contributed by atoms with E-state index in [-0.39, 0.29) is 23.9 Å². The number of pyridine rings is 1. The predicted octanol–water partition coefficient (Wildman–Crippen LogP) is 0.358. The van der Waals surface area contributed by atoms with Crippen molar-refractivity contribution in [3.63, 3.8) is 0 Å². The van der Waals surface area contributed by atoms with E-state index in [9.17, 15) is 14.4 Å². The first-order chi connectivity index (χ1) is 7.99. The zero-order chi connectivity index (χ0) is 12.8. The van der Waals surface area contributed by atoms with Crippen LogP contribution < -0.4 is 10.9 Å². The highest BCUT2D eigenvalue weighted by atomic mass is 16.4. The summed E-state index contributed by atoms with van der Waals surface area (Å²) in [6.45, 7) is 1.73. The zero-order valence-electron chi connectivity index (χ0n) is 9.40. The number of H-pyrrole nitrogens is 1. The fourth-order valence-corrected chi connectivity index (χ4v) is 1.27. The van der Waals surface area contributed by atoms with Gasteiger partial charge in [0.15, 0.2) is 0 Å². The molecule has 0 aliphatic rings. The van der Waals surface area contributed by atoms with E-state index in [0.717, 1.165) is 0 Å². The van der Waals surface area contributed by atoms with Gasteiger partial charge in [-0.05, 0) is 19.4 Å². The summed E-state index contributed by atoms with van der Waals surface area (Å²) in [7, 11) is 0. The fourth-order valence-electron chi connectivity index (χ4n) is 1.27. The van der Waals surface area contributed by atoms with E-state index >= 15 is 0 Å². The lowest BCUT2D eigenvalue weighted by Crippen LogP contribution is -2.33. The SMILES string of the molecule is CC(CCC(=O)O)NC(=O)c1ccc(=O)[nH]c1. The molecule has 6 nitrogen and oxygen atoms in total. The maximum absolute atomic E-state index is 11.6. The summed E-state index contributed by atoms with van der Waals surface area (Å²) in [5, 5.41) is 11.1. The second kappa shape index (κ2) is 5.83. The summed E-state index contributed by atoms with van der Waals surface area (Å²) in [6.07, 6.45) is 1.69. The third kappa shape index (κ3) is 4.50. The minimum Gasteiger partial charge on any atom is -0.481 e. The topological polar surface area (TPSA) is 99.3 Å². The number of aliphatic carboxylic acids is 1. The van der Waals surface area contributed by atoms with E-state index in [1.54, 1.807) is 6.92 Å². The largest absolute Gasteiger partial charge is 0.481 e. The quantitative estimate of drug-likeness (QED) is 0.689. The Balaban J connectivity index is 2.51. The summed E-state index contributed by atoms with van der Waals surface area (Å²) in [4.78, 5) is 35.2. The second-order valence-electron chi connectivity index (χ2n) is 3.75. The minimum absolute atomic E-state index is 0.00701. The number of hydrogen-bond acceptors (Lipinski definition) is 3. The van der Waals surface area contributed by atoms with Crippen molar-refractivity contribution in [2.24, 2.45) is 0 Å². The molecule has 0 saturated heterocycles. The van der Waals surface area contributed by atoms with Crippen molar-refractivity contribution in [1.82, 2.24) is 10.3 Å². The van der Waals surface area contributed by atoms with Crippen molar-refractivity contribution in [3.8, 4) is 0 Å². The van der Waals surface area contributed by atoms with Gasteiger partial charge in [-0.25, -0.2) is 0 Å². The summed E-state index contributed by atoms with van der Waals surface area (Å²) in [5.41, 5.74) is 0.0623. The van der Waals surface area contributed by atoms with Crippen LogP contribution in [0.15, 0.2) is 23.1 Å². The molecule has 1 aromatic heterocycles. The van der Waals surface area contributed by atoms with Crippen LogP contribution in [0.25, 0.3) is 0 Å². The average molecular weight is 238 g/mol. The molecule has 0 spiro atoms. The van der Waals surface area contributed by atoms with E-state index in [1.807, 2.05) is 0 Å². The van der Waals surface area contributed by atoms with Gasteiger partial charge in [0.1, 0.15) is 0 Å². The highest BCUT2D eigenvalue weighted by Crippen LogP contribution is 1.99. The Kier molecular flexibility index (Phi) is 4.45. The predicted molar refractivity (Wildman–Crippen MR) is 60.9 cm³/mol. The van der Waals surface area contributed by atoms with Crippen LogP contribution in [0.4, 0.5) is 0 Å². The Morgan fingerprint density at radius 3 is 2.71 bits per heavy atom. The van der Waals surface area contributed by atoms with Crippen LogP contribution in [0.5, 0.6) is 0 Å². The highest BCUT2D eigenvalue weighted by molar-refractivity contribution is 5.93. The standard InChI is InChI=1S/C11H14N2O4/c1-7(2-5-10(15)16)13-11(17)8-3-4-9(14)12-6-8/h3-4,6-7H,2,5H2,1H3,(H,12,14)(H,13,17)(H,15,16). The Bertz CT molecular complexity index is 446. The molecular weight excluding hydrogens is 224 g/mol. The molecule has 1 atom stereocenters. The van der Waals surface area contributed by atoms with Gasteiger partial charge in [0, 0.05) is 24.7 Å². The van der Waals surface area contributed by atoms with Crippen molar-refractivity contribution in [2.45, 2.75) is 25.8 Å². The van der Waals surface area contributed by atoms with E-state index in [0.29, 0.717) is 12.0 Å². The lowest BCUT2D eigenvalue weighted by atomic mass is 10.1. The Morgan fingerprint density at radius 2 is 2.18 bits per heavy atom. The zero-order valence-corrected chi connectivity index (χ0v) is 9.40. The normalized spacial score (nSPS) is 11.8. The molecule has 1 rings (SSSR count). The molecule has 0 aliphatic carbocycles. The molecule has 1 aromatic rings. The van der Waals surface area contributed by atoms with Gasteiger partial charge >= 0.3 is 5.97 Å². The maximum Gasteiger partial charge on any atom is 0.303 e. The summed E-state index contributed by atoms with van der Waals surface area (Å²) >= 11 is 0. The number of amides is 1. The first-order valence-electron chi connectivity index (χ1n) is 5.20. The van der Waals surface area contributed by atoms with Gasteiger partial charge in [-0.15, -0.1) is 0 Å². The number of carboxylic acid groups (broad SMARTS) is 1. The molecule has 1 unspecified atom stereocenters. The van der Waals surface area contributed by atoms with Gasteiger partial charge in [-0.1, -0.05) is 0 Å². The van der Waals surface area contributed by atoms with Crippen LogP contribution in [0.2, 0.25) is 0 Å². The molecule has 0 bridgehead atoms. The molecule has 92 valence electrons. The number of aromatic nitrogens is 1. The molecule has 0 fully saturated rings. The Labute approximate surface area is 97.7 Å². The minimum atomic E-state index is -0.893. The van der Waals surface area contributed by atoms with Gasteiger partial charge in [0.25, 0.3) is 5.91 Å². The van der Waals surface area contributed by atoms with Gasteiger partial charge in [-0.2, -0.15) is 0 Å². The lowest BCUT2D eigenvalue weighted by Gasteiger charge is -2.12. The number of aromatic amines is 1. The number of carboxylic acids is 1. The summed E-state index contributed by atoms with van der Waals surface area (Å²) in [5.74, 6) is -1.23. The fraction of sp³-hybridized carbons (Fsp3) is 0.364. The van der Waals surface area contributed by atoms with Crippen LogP contribution in [0, 0.1) is 0 Å². The van der Waals surface area contributed by atoms with Crippen molar-refractivity contribution in [1.29, 1.82) is 0 Å². The second-order valence-corrected chi connectivity index (χ2v) is 3.75. The van der Waals surface area contributed by atoms with Crippen LogP contribution in [0.3, 0.4) is 0 Å². The maximum atomic E-state index is 11.6. The number of rotatable bonds is 5. The molecule has 3 N–H and O–H groups in total. The number of nitrogens with one attached hydrogen (secondary N) is 2. The van der Waals surface area contributed by atoms with E-state index in [1.165, 1.54) is 18.3 Å². The number of carbonyl (C=O) groups is 2. The molecule has 1 amide bonds. The van der Waals surface area contributed by atoms with Gasteiger partial charge in [0.2, 0.25) is 5.56 Å². The molecule has 1 heterocycles. The molecule has 0 saturated carbocycles. The van der Waals surface area contributed by atoms with Crippen LogP contribution in [-0.2, 0) is 4.79 Å². The molecule has 0 radical (unpaired) electrons. The van der Waals surface area contributed by atoms with Crippen LogP contribution in [0.1, 0.15) is 30.1 Å². The first-order valence-corrected chi connectivity index (χ1v) is 5.20. The smallest absolute Gasteiger partial charge is 0.303 e. The van der Waals surface area contributed by atoms with Gasteiger partial charge in [-0.3, -0.25) is 14.4 Å². The molecular formula is C11H14N2O4. The molecule has 0 aliphatic heterocycles. The monoisotopic (exact) mass is 238 g/mol. The first kappa shape index (κ1) is 13.0. The highest BCUT2D eigenvalue weighted by Gasteiger charge is 2.10. The van der Waals surface area contributed by atoms with Crippen molar-refractivity contribution in [2.75, 3.05) is 0 Å². The van der Waals surface area contributed by atoms with Crippen molar-refractivity contribution in [3.05, 3.63) is 34.2 Å². The summed E-state index contributed by atoms with van der Waals surface area (Å²) in [6, 6.07) is 2.44. The average Bonchev–Trinajstić information content (AvgIpc) is 2.27. The summed E-state index contributed by atoms with van der Waals surface area (Å²) < 4.78 is 0. The third-order valence-electron chi connectivity index (χ3n) is 2.22. The molecule has 6 heteroatoms. The molecule has 0 aromatic carbocycles. The molecule has 17 heavy (non-hydrogen) atoms. The number of hydrogen-bond donors (Lipinski definition) is 3. The Morgan fingerprint density at radius 1 is 1.47 bits per heavy atom. The van der Waals surface area contributed by atoms with Crippen molar-refractivity contribution < 1.29 is 14.7 Å². The van der Waals surface area contributed by atoms with Crippen LogP contribution in [-0.4, -0.2) is 28.0 Å². The van der Waals surface area contributed by atoms with Gasteiger partial charge in [0.05, 0.1) is 5.56 Å². The number of carbonyl (C=O) groups excluding carboxylic acids is 1. The third-order valence-corrected chi connectivity index (χ3v) is 2.22. The van der Waals surface area contributed by atoms with E-state index in [4.69, 9.17) is 5.11 Å². The van der Waals surface area contributed by atoms with Crippen molar-refractivity contribution >= 4 is 11.9 Å².